The molecule has 1 N–H and O–H groups in total. The fraction of sp³-hybridized carbons (Fsp3) is 0.452. The SMILES string of the molecule is Cc1cc(C)c(-c2nc3c([nH]2)CC(C2COC2)CC3)cc1C(=O)N1CCC(c2ccc(C#N)cc2)CC1. The van der Waals surface area contributed by atoms with E-state index >= 15 is 0 Å². The Morgan fingerprint density at radius 3 is 2.49 bits per heavy atom. The molecule has 2 fully saturated rings. The van der Waals surface area contributed by atoms with Crippen molar-refractivity contribution in [1.29, 1.82) is 5.26 Å². The molecule has 2 aromatic carbocycles. The second-order valence-corrected chi connectivity index (χ2v) is 11.1. The van der Waals surface area contributed by atoms with E-state index in [0.29, 0.717) is 23.3 Å². The standard InChI is InChI=1S/C31H34N4O2/c1-19-13-20(2)27(31(36)35-11-9-23(10-12-35)22-5-3-21(16-32)4-6-22)15-26(19)30-33-28-8-7-24(14-29(28)34-30)25-17-37-18-25/h3-6,13,15,23-25H,7-12,14,17-18H2,1-2H3,(H,33,34). The van der Waals surface area contributed by atoms with Gasteiger partial charge >= 0.3 is 0 Å². The molecule has 190 valence electrons. The molecule has 37 heavy (non-hydrogen) atoms. The number of nitrogens with one attached hydrogen (secondary N) is 1. The van der Waals surface area contributed by atoms with E-state index in [0.717, 1.165) is 80.1 Å². The third kappa shape index (κ3) is 4.57. The molecule has 6 nitrogen and oxygen atoms in total. The van der Waals surface area contributed by atoms with Gasteiger partial charge in [-0.15, -0.1) is 0 Å². The molecular formula is C31H34N4O2. The maximum absolute atomic E-state index is 13.6. The van der Waals surface area contributed by atoms with Gasteiger partial charge in [0.05, 0.1) is 30.5 Å². The molecule has 1 atom stereocenters. The number of nitrogens with zero attached hydrogens (tertiary/aromatic N) is 3. The van der Waals surface area contributed by atoms with Crippen LogP contribution in [0, 0.1) is 37.0 Å². The monoisotopic (exact) mass is 494 g/mol. The van der Waals surface area contributed by atoms with E-state index in [-0.39, 0.29) is 5.91 Å². The number of aryl methyl sites for hydroxylation is 3. The maximum atomic E-state index is 13.6. The average molecular weight is 495 g/mol. The number of carbonyl (C=O) groups is 1. The number of aromatic nitrogens is 2. The van der Waals surface area contributed by atoms with E-state index in [2.05, 4.69) is 42.2 Å². The molecule has 1 amide bonds. The first-order valence-electron chi connectivity index (χ1n) is 13.6. The van der Waals surface area contributed by atoms with Gasteiger partial charge in [-0.25, -0.2) is 4.98 Å². The van der Waals surface area contributed by atoms with E-state index in [4.69, 9.17) is 15.0 Å². The van der Waals surface area contributed by atoms with Crippen molar-refractivity contribution >= 4 is 5.91 Å². The van der Waals surface area contributed by atoms with Crippen molar-refractivity contribution in [3.8, 4) is 17.5 Å². The zero-order chi connectivity index (χ0) is 25.5. The van der Waals surface area contributed by atoms with Crippen LogP contribution in [0.25, 0.3) is 11.4 Å². The molecule has 0 saturated carbocycles. The highest BCUT2D eigenvalue weighted by atomic mass is 16.5. The number of hydrogen-bond donors (Lipinski definition) is 1. The zero-order valence-corrected chi connectivity index (χ0v) is 21.7. The lowest BCUT2D eigenvalue weighted by Crippen LogP contribution is -2.38. The lowest BCUT2D eigenvalue weighted by atomic mass is 9.79. The van der Waals surface area contributed by atoms with Gasteiger partial charge in [-0.2, -0.15) is 5.26 Å². The van der Waals surface area contributed by atoms with Crippen molar-refractivity contribution in [2.45, 2.75) is 51.9 Å². The van der Waals surface area contributed by atoms with Crippen LogP contribution in [-0.2, 0) is 17.6 Å². The summed E-state index contributed by atoms with van der Waals surface area (Å²) in [6.45, 7) is 7.42. The predicted molar refractivity (Wildman–Crippen MR) is 142 cm³/mol. The third-order valence-corrected chi connectivity index (χ3v) is 8.76. The first kappa shape index (κ1) is 23.9. The number of ether oxygens (including phenoxy) is 1. The van der Waals surface area contributed by atoms with E-state index in [1.54, 1.807) is 0 Å². The molecule has 3 aliphatic rings. The number of likely N-dealkylation sites (tertiary alicyclic amines) is 1. The smallest absolute Gasteiger partial charge is 0.254 e. The van der Waals surface area contributed by atoms with Gasteiger partial charge in [-0.1, -0.05) is 18.2 Å². The van der Waals surface area contributed by atoms with E-state index < -0.39 is 0 Å². The molecule has 3 aromatic rings. The molecule has 6 heteroatoms. The molecule has 2 aliphatic heterocycles. The minimum absolute atomic E-state index is 0.110. The fourth-order valence-corrected chi connectivity index (χ4v) is 6.32. The number of rotatable bonds is 4. The van der Waals surface area contributed by atoms with Crippen LogP contribution in [0.3, 0.4) is 0 Å². The summed E-state index contributed by atoms with van der Waals surface area (Å²) in [4.78, 5) is 24.3. The summed E-state index contributed by atoms with van der Waals surface area (Å²) < 4.78 is 5.43. The Bertz CT molecular complexity index is 1360. The number of hydrogen-bond acceptors (Lipinski definition) is 4. The summed E-state index contributed by atoms with van der Waals surface area (Å²) in [6.07, 6.45) is 5.11. The Hall–Kier alpha value is -3.43. The number of imidazole rings is 1. The molecule has 2 saturated heterocycles. The Morgan fingerprint density at radius 1 is 1.05 bits per heavy atom. The van der Waals surface area contributed by atoms with Crippen LogP contribution < -0.4 is 0 Å². The van der Waals surface area contributed by atoms with E-state index in [1.807, 2.05) is 24.0 Å². The Kier molecular flexibility index (Phi) is 6.34. The lowest BCUT2D eigenvalue weighted by Gasteiger charge is -2.35. The molecule has 1 aliphatic carbocycles. The summed E-state index contributed by atoms with van der Waals surface area (Å²) in [5.74, 6) is 2.79. The van der Waals surface area contributed by atoms with Gasteiger partial charge in [-0.3, -0.25) is 4.79 Å². The topological polar surface area (TPSA) is 82.0 Å². The van der Waals surface area contributed by atoms with Crippen molar-refractivity contribution < 1.29 is 9.53 Å². The first-order chi connectivity index (χ1) is 18.0. The number of fused-ring (bicyclic) bond motifs is 1. The largest absolute Gasteiger partial charge is 0.381 e. The first-order valence-corrected chi connectivity index (χ1v) is 13.6. The third-order valence-electron chi connectivity index (χ3n) is 8.76. The van der Waals surface area contributed by atoms with Crippen LogP contribution in [0.4, 0.5) is 0 Å². The minimum atomic E-state index is 0.110. The summed E-state index contributed by atoms with van der Waals surface area (Å²) in [7, 11) is 0. The number of aromatic amines is 1. The molecule has 0 bridgehead atoms. The van der Waals surface area contributed by atoms with Gasteiger partial charge in [0, 0.05) is 35.8 Å². The van der Waals surface area contributed by atoms with Crippen molar-refractivity contribution in [3.05, 3.63) is 75.6 Å². The number of H-pyrrole nitrogens is 1. The number of nitriles is 1. The van der Waals surface area contributed by atoms with Gasteiger partial charge in [0.15, 0.2) is 0 Å². The summed E-state index contributed by atoms with van der Waals surface area (Å²) in [6, 6.07) is 14.3. The van der Waals surface area contributed by atoms with Crippen molar-refractivity contribution in [1.82, 2.24) is 14.9 Å². The number of piperidine rings is 1. The van der Waals surface area contributed by atoms with Gasteiger partial charge in [-0.05, 0) is 92.7 Å². The Morgan fingerprint density at radius 2 is 1.81 bits per heavy atom. The number of carbonyl (C=O) groups excluding carboxylic acids is 1. The Labute approximate surface area is 218 Å². The van der Waals surface area contributed by atoms with Crippen molar-refractivity contribution in [3.63, 3.8) is 0 Å². The quantitative estimate of drug-likeness (QED) is 0.531. The van der Waals surface area contributed by atoms with Crippen LogP contribution in [-0.4, -0.2) is 47.1 Å². The van der Waals surface area contributed by atoms with Crippen LogP contribution in [0.15, 0.2) is 36.4 Å². The summed E-state index contributed by atoms with van der Waals surface area (Å²) >= 11 is 0. The van der Waals surface area contributed by atoms with Crippen molar-refractivity contribution in [2.75, 3.05) is 26.3 Å². The van der Waals surface area contributed by atoms with Crippen LogP contribution in [0.5, 0.6) is 0 Å². The van der Waals surface area contributed by atoms with E-state index in [9.17, 15) is 4.79 Å². The molecule has 1 aromatic heterocycles. The zero-order valence-electron chi connectivity index (χ0n) is 21.7. The van der Waals surface area contributed by atoms with Gasteiger partial charge in [0.2, 0.25) is 0 Å². The minimum Gasteiger partial charge on any atom is -0.381 e. The number of amides is 1. The molecule has 6 rings (SSSR count). The highest BCUT2D eigenvalue weighted by Crippen LogP contribution is 2.35. The summed E-state index contributed by atoms with van der Waals surface area (Å²) in [5.41, 5.74) is 8.35. The van der Waals surface area contributed by atoms with E-state index in [1.165, 1.54) is 23.4 Å². The van der Waals surface area contributed by atoms with Gasteiger partial charge < -0.3 is 14.6 Å². The highest BCUT2D eigenvalue weighted by molar-refractivity contribution is 5.97. The summed E-state index contributed by atoms with van der Waals surface area (Å²) in [5, 5.41) is 9.05. The predicted octanol–water partition coefficient (Wildman–Crippen LogP) is 5.34. The normalized spacial score (nSPS) is 20.2. The van der Waals surface area contributed by atoms with Crippen LogP contribution in [0.2, 0.25) is 0 Å². The van der Waals surface area contributed by atoms with Crippen molar-refractivity contribution in [2.24, 2.45) is 11.8 Å². The lowest BCUT2D eigenvalue weighted by molar-refractivity contribution is -0.0633. The molecule has 3 heterocycles. The highest BCUT2D eigenvalue weighted by Gasteiger charge is 2.33. The second-order valence-electron chi connectivity index (χ2n) is 11.1. The van der Waals surface area contributed by atoms with Crippen LogP contribution in [0.1, 0.15) is 69.2 Å². The molecule has 0 spiro atoms. The molecule has 1 unspecified atom stereocenters. The molecule has 0 radical (unpaired) electrons. The van der Waals surface area contributed by atoms with Gasteiger partial charge in [0.1, 0.15) is 5.82 Å². The molecular weight excluding hydrogens is 460 g/mol. The van der Waals surface area contributed by atoms with Crippen LogP contribution >= 0.6 is 0 Å². The number of benzene rings is 2. The Balaban J connectivity index is 1.18. The second kappa shape index (κ2) is 9.79. The van der Waals surface area contributed by atoms with Gasteiger partial charge in [0.25, 0.3) is 5.91 Å². The average Bonchev–Trinajstić information content (AvgIpc) is 3.31. The fourth-order valence-electron chi connectivity index (χ4n) is 6.32. The maximum Gasteiger partial charge on any atom is 0.254 e.